The highest BCUT2D eigenvalue weighted by atomic mass is 35.5. The van der Waals surface area contributed by atoms with Crippen LogP contribution in [0.15, 0.2) is 12.1 Å². The molecule has 0 saturated heterocycles. The van der Waals surface area contributed by atoms with Crippen LogP contribution in [-0.2, 0) is 6.42 Å². The van der Waals surface area contributed by atoms with Crippen molar-refractivity contribution in [3.8, 4) is 11.8 Å². The third-order valence-electron chi connectivity index (χ3n) is 2.09. The van der Waals surface area contributed by atoms with E-state index >= 15 is 0 Å². The fourth-order valence-corrected chi connectivity index (χ4v) is 1.83. The van der Waals surface area contributed by atoms with Crippen LogP contribution in [0.2, 0.25) is 5.02 Å². The highest BCUT2D eigenvalue weighted by Crippen LogP contribution is 2.30. The van der Waals surface area contributed by atoms with E-state index in [4.69, 9.17) is 33.2 Å². The van der Waals surface area contributed by atoms with Crippen molar-refractivity contribution < 1.29 is 4.74 Å². The van der Waals surface area contributed by atoms with Gasteiger partial charge in [-0.3, -0.25) is 0 Å². The molecule has 0 spiro atoms. The Hall–Kier alpha value is -0.910. The number of hydrogen-bond donors (Lipinski definition) is 0. The Morgan fingerprint density at radius 1 is 1.44 bits per heavy atom. The molecule has 0 aromatic heterocycles. The van der Waals surface area contributed by atoms with E-state index in [0.717, 1.165) is 18.4 Å². The molecule has 0 N–H and O–H groups in total. The molecule has 0 aliphatic rings. The molecule has 0 saturated carbocycles. The van der Waals surface area contributed by atoms with Crippen LogP contribution in [0, 0.1) is 11.3 Å². The van der Waals surface area contributed by atoms with E-state index in [0.29, 0.717) is 28.8 Å². The minimum absolute atomic E-state index is 0.350. The molecule has 0 aliphatic heterocycles. The van der Waals surface area contributed by atoms with Crippen LogP contribution < -0.4 is 4.74 Å². The minimum Gasteiger partial charge on any atom is -0.489 e. The summed E-state index contributed by atoms with van der Waals surface area (Å²) < 4.78 is 5.35. The normalized spacial score (nSPS) is 9.88. The molecule has 0 bridgehead atoms. The predicted octanol–water partition coefficient (Wildman–Crippen LogP) is 3.78. The van der Waals surface area contributed by atoms with Gasteiger partial charge in [0, 0.05) is 0 Å². The van der Waals surface area contributed by atoms with Gasteiger partial charge in [-0.25, -0.2) is 0 Å². The fourth-order valence-electron chi connectivity index (χ4n) is 1.45. The maximum Gasteiger partial charge on any atom is 0.155 e. The lowest BCUT2D eigenvalue weighted by atomic mass is 10.1. The van der Waals surface area contributed by atoms with Crippen molar-refractivity contribution in [2.24, 2.45) is 0 Å². The van der Waals surface area contributed by atoms with Crippen LogP contribution in [-0.4, -0.2) is 12.5 Å². The zero-order valence-electron chi connectivity index (χ0n) is 9.09. The predicted molar refractivity (Wildman–Crippen MR) is 66.4 cm³/mol. The van der Waals surface area contributed by atoms with Gasteiger partial charge in [-0.05, 0) is 24.1 Å². The van der Waals surface area contributed by atoms with Gasteiger partial charge in [0.1, 0.15) is 12.7 Å². The minimum atomic E-state index is 0.350. The Kier molecular flexibility index (Phi) is 5.45. The zero-order chi connectivity index (χ0) is 12.0. The molecule has 0 atom stereocenters. The molecule has 4 heteroatoms. The van der Waals surface area contributed by atoms with Gasteiger partial charge >= 0.3 is 0 Å². The Balaban J connectivity index is 3.04. The number of nitriles is 1. The topological polar surface area (TPSA) is 33.0 Å². The summed E-state index contributed by atoms with van der Waals surface area (Å²) in [6.45, 7) is 2.43. The van der Waals surface area contributed by atoms with Crippen LogP contribution >= 0.6 is 23.2 Å². The molecule has 1 aromatic carbocycles. The fraction of sp³-hybridized carbons (Fsp3) is 0.417. The molecule has 0 aliphatic carbocycles. The lowest BCUT2D eigenvalue weighted by molar-refractivity contribution is 0.342. The molecule has 0 unspecified atom stereocenters. The van der Waals surface area contributed by atoms with Crippen LogP contribution in [0.3, 0.4) is 0 Å². The van der Waals surface area contributed by atoms with E-state index in [1.165, 1.54) is 0 Å². The summed E-state index contributed by atoms with van der Waals surface area (Å²) in [6.07, 6.45) is 1.92. The highest BCUT2D eigenvalue weighted by Gasteiger charge is 2.10. The lowest BCUT2D eigenvalue weighted by Crippen LogP contribution is -2.01. The van der Waals surface area contributed by atoms with E-state index in [1.54, 1.807) is 0 Å². The van der Waals surface area contributed by atoms with Crippen LogP contribution in [0.1, 0.15) is 24.5 Å². The molecule has 0 amide bonds. The number of nitrogens with zero attached hydrogens (tertiary/aromatic N) is 1. The zero-order valence-corrected chi connectivity index (χ0v) is 10.6. The molecule has 0 fully saturated rings. The van der Waals surface area contributed by atoms with Gasteiger partial charge < -0.3 is 4.74 Å². The second kappa shape index (κ2) is 6.62. The summed E-state index contributed by atoms with van der Waals surface area (Å²) in [5.41, 5.74) is 1.53. The Bertz CT molecular complexity index is 399. The van der Waals surface area contributed by atoms with Gasteiger partial charge in [0.2, 0.25) is 0 Å². The van der Waals surface area contributed by atoms with Gasteiger partial charge in [-0.1, -0.05) is 24.9 Å². The summed E-state index contributed by atoms with van der Waals surface area (Å²) in [6, 6.07) is 5.75. The van der Waals surface area contributed by atoms with Crippen LogP contribution in [0.5, 0.6) is 5.75 Å². The van der Waals surface area contributed by atoms with Crippen molar-refractivity contribution >= 4 is 23.2 Å². The Labute approximate surface area is 106 Å². The summed E-state index contributed by atoms with van der Waals surface area (Å²) in [4.78, 5) is 0. The van der Waals surface area contributed by atoms with Crippen molar-refractivity contribution in [3.63, 3.8) is 0 Å². The molecule has 86 valence electrons. The summed E-state index contributed by atoms with van der Waals surface area (Å²) in [5, 5.41) is 9.49. The van der Waals surface area contributed by atoms with Crippen molar-refractivity contribution in [1.29, 1.82) is 5.26 Å². The van der Waals surface area contributed by atoms with E-state index in [2.05, 4.69) is 13.0 Å². The number of halogens is 2. The van der Waals surface area contributed by atoms with Crippen molar-refractivity contribution in [3.05, 3.63) is 28.3 Å². The first-order chi connectivity index (χ1) is 7.72. The molecule has 1 rings (SSSR count). The van der Waals surface area contributed by atoms with Crippen LogP contribution in [0.25, 0.3) is 0 Å². The molecule has 0 heterocycles. The molecular weight excluding hydrogens is 245 g/mol. The first-order valence-electron chi connectivity index (χ1n) is 5.14. The summed E-state index contributed by atoms with van der Waals surface area (Å²) in [7, 11) is 0. The molecule has 16 heavy (non-hydrogen) atoms. The smallest absolute Gasteiger partial charge is 0.155 e. The summed E-state index contributed by atoms with van der Waals surface area (Å²) in [5.74, 6) is 0.808. The third-order valence-corrected chi connectivity index (χ3v) is 2.52. The van der Waals surface area contributed by atoms with Crippen molar-refractivity contribution in [1.82, 2.24) is 0 Å². The first-order valence-corrected chi connectivity index (χ1v) is 6.05. The van der Waals surface area contributed by atoms with E-state index in [9.17, 15) is 0 Å². The maximum atomic E-state index is 9.01. The Morgan fingerprint density at radius 2 is 2.19 bits per heavy atom. The van der Waals surface area contributed by atoms with Gasteiger partial charge in [-0.15, -0.1) is 11.6 Å². The number of ether oxygens (including phenoxy) is 1. The maximum absolute atomic E-state index is 9.01. The average Bonchev–Trinajstić information content (AvgIpc) is 2.27. The van der Waals surface area contributed by atoms with Crippen molar-refractivity contribution in [2.75, 3.05) is 12.5 Å². The standard InChI is InChI=1S/C12H13Cl2NO/c1-2-3-9-6-10(8-15)12(11(14)7-9)16-5-4-13/h6-7H,2-5H2,1H3. The third kappa shape index (κ3) is 3.30. The molecule has 0 radical (unpaired) electrons. The van der Waals surface area contributed by atoms with Gasteiger partial charge in [0.25, 0.3) is 0 Å². The second-order valence-electron chi connectivity index (χ2n) is 3.35. The number of benzene rings is 1. The second-order valence-corrected chi connectivity index (χ2v) is 4.14. The number of rotatable bonds is 5. The van der Waals surface area contributed by atoms with Crippen molar-refractivity contribution in [2.45, 2.75) is 19.8 Å². The van der Waals surface area contributed by atoms with E-state index < -0.39 is 0 Å². The highest BCUT2D eigenvalue weighted by molar-refractivity contribution is 6.32. The lowest BCUT2D eigenvalue weighted by Gasteiger charge is -2.10. The molecular formula is C12H13Cl2NO. The van der Waals surface area contributed by atoms with E-state index in [1.807, 2.05) is 12.1 Å². The molecule has 1 aromatic rings. The quantitative estimate of drug-likeness (QED) is 0.753. The first kappa shape index (κ1) is 13.2. The number of aryl methyl sites for hydroxylation is 1. The number of alkyl halides is 1. The number of hydrogen-bond acceptors (Lipinski definition) is 2. The van der Waals surface area contributed by atoms with Gasteiger partial charge in [-0.2, -0.15) is 5.26 Å². The molecule has 2 nitrogen and oxygen atoms in total. The average molecular weight is 258 g/mol. The largest absolute Gasteiger partial charge is 0.489 e. The summed E-state index contributed by atoms with van der Waals surface area (Å²) >= 11 is 11.6. The monoisotopic (exact) mass is 257 g/mol. The van der Waals surface area contributed by atoms with Gasteiger partial charge in [0.15, 0.2) is 5.75 Å². The van der Waals surface area contributed by atoms with E-state index in [-0.39, 0.29) is 0 Å². The van der Waals surface area contributed by atoms with Crippen LogP contribution in [0.4, 0.5) is 0 Å². The Morgan fingerprint density at radius 3 is 2.75 bits per heavy atom. The SMILES string of the molecule is CCCc1cc(Cl)c(OCCCl)c(C#N)c1. The van der Waals surface area contributed by atoms with Gasteiger partial charge in [0.05, 0.1) is 16.5 Å².